The number of pyridine rings is 1. The number of nitrogens with one attached hydrogen (secondary N) is 1. The summed E-state index contributed by atoms with van der Waals surface area (Å²) in [6.07, 6.45) is 5.16. The zero-order chi connectivity index (χ0) is 19.9. The van der Waals surface area contributed by atoms with Gasteiger partial charge in [0, 0.05) is 28.6 Å². The summed E-state index contributed by atoms with van der Waals surface area (Å²) in [5.41, 5.74) is 4.54. The van der Waals surface area contributed by atoms with Crippen LogP contribution in [0, 0.1) is 0 Å². The second kappa shape index (κ2) is 7.54. The third-order valence-electron chi connectivity index (χ3n) is 5.42. The number of fused-ring (bicyclic) bond motifs is 2. The van der Waals surface area contributed by atoms with E-state index in [0.717, 1.165) is 42.3 Å². The number of ether oxygens (including phenoxy) is 1. The smallest absolute Gasteiger partial charge is 0.407 e. The number of halogens is 1. The molecule has 1 aliphatic carbocycles. The van der Waals surface area contributed by atoms with Crippen LogP contribution in [-0.4, -0.2) is 35.8 Å². The maximum absolute atomic E-state index is 12.2. The molecule has 1 unspecified atom stereocenters. The van der Waals surface area contributed by atoms with Crippen LogP contribution in [0.3, 0.4) is 0 Å². The van der Waals surface area contributed by atoms with E-state index in [2.05, 4.69) is 44.3 Å². The van der Waals surface area contributed by atoms with E-state index in [4.69, 9.17) is 9.72 Å². The van der Waals surface area contributed by atoms with Crippen molar-refractivity contribution in [2.45, 2.75) is 64.5 Å². The number of hydrogen-bond donors (Lipinski definition) is 1. The molecule has 1 aliphatic heterocycles. The number of aryl methyl sites for hydroxylation is 1. The molecule has 0 spiro atoms. The molecule has 4 rings (SSSR count). The number of carbonyl (C=O) groups excluding carboxylic acids is 1. The van der Waals surface area contributed by atoms with E-state index >= 15 is 0 Å². The molecule has 1 aromatic carbocycles. The Morgan fingerprint density at radius 3 is 2.86 bits per heavy atom. The van der Waals surface area contributed by atoms with Gasteiger partial charge < -0.3 is 15.0 Å². The fourth-order valence-corrected chi connectivity index (χ4v) is 4.65. The number of alkyl carbamates (subject to hydrolysis) is 1. The maximum atomic E-state index is 12.2. The lowest BCUT2D eigenvalue weighted by Gasteiger charge is -2.28. The highest BCUT2D eigenvalue weighted by Crippen LogP contribution is 2.38. The van der Waals surface area contributed by atoms with Crippen molar-refractivity contribution in [3.63, 3.8) is 0 Å². The Balaban J connectivity index is 1.62. The molecule has 0 radical (unpaired) electrons. The molecule has 28 heavy (non-hydrogen) atoms. The van der Waals surface area contributed by atoms with Crippen molar-refractivity contribution < 1.29 is 9.53 Å². The summed E-state index contributed by atoms with van der Waals surface area (Å²) < 4.78 is 6.50. The minimum Gasteiger partial charge on any atom is -0.444 e. The fourth-order valence-electron chi connectivity index (χ4n) is 4.29. The minimum atomic E-state index is -0.477. The van der Waals surface area contributed by atoms with E-state index in [1.807, 2.05) is 20.8 Å². The van der Waals surface area contributed by atoms with Crippen LogP contribution >= 0.6 is 15.9 Å². The van der Waals surface area contributed by atoms with E-state index < -0.39 is 5.60 Å². The van der Waals surface area contributed by atoms with Gasteiger partial charge in [-0.05, 0) is 76.6 Å². The Labute approximate surface area is 175 Å². The van der Waals surface area contributed by atoms with Crippen LogP contribution < -0.4 is 10.2 Å². The summed E-state index contributed by atoms with van der Waals surface area (Å²) in [4.78, 5) is 19.6. The van der Waals surface area contributed by atoms with Gasteiger partial charge in [-0.25, -0.2) is 4.79 Å². The topological polar surface area (TPSA) is 54.5 Å². The van der Waals surface area contributed by atoms with Crippen molar-refractivity contribution >= 4 is 38.6 Å². The van der Waals surface area contributed by atoms with Crippen molar-refractivity contribution in [2.75, 3.05) is 18.0 Å². The van der Waals surface area contributed by atoms with Crippen molar-refractivity contribution in [1.82, 2.24) is 10.3 Å². The van der Waals surface area contributed by atoms with E-state index in [1.165, 1.54) is 35.2 Å². The number of aromatic nitrogens is 1. The fraction of sp³-hybridized carbons (Fsp3) is 0.545. The molecule has 0 saturated carbocycles. The lowest BCUT2D eigenvalue weighted by atomic mass is 9.92. The van der Waals surface area contributed by atoms with E-state index in [0.29, 0.717) is 0 Å². The Morgan fingerprint density at radius 2 is 2.07 bits per heavy atom. The van der Waals surface area contributed by atoms with Crippen LogP contribution in [0.2, 0.25) is 0 Å². The third-order valence-corrected chi connectivity index (χ3v) is 5.91. The van der Waals surface area contributed by atoms with E-state index in [9.17, 15) is 4.79 Å². The molecule has 1 saturated heterocycles. The second-order valence-electron chi connectivity index (χ2n) is 8.83. The van der Waals surface area contributed by atoms with Gasteiger partial charge in [0.25, 0.3) is 0 Å². The van der Waals surface area contributed by atoms with Gasteiger partial charge in [0.15, 0.2) is 0 Å². The van der Waals surface area contributed by atoms with Crippen LogP contribution in [0.5, 0.6) is 0 Å². The minimum absolute atomic E-state index is 0.101. The Hall–Kier alpha value is -1.82. The summed E-state index contributed by atoms with van der Waals surface area (Å²) in [6.45, 7) is 7.40. The second-order valence-corrected chi connectivity index (χ2v) is 9.75. The molecule has 0 bridgehead atoms. The highest BCUT2D eigenvalue weighted by atomic mass is 79.9. The molecule has 2 aliphatic rings. The molecule has 1 amide bonds. The first kappa shape index (κ1) is 19.5. The summed E-state index contributed by atoms with van der Waals surface area (Å²) in [5.74, 6) is 0. The van der Waals surface area contributed by atoms with Crippen LogP contribution in [0.25, 0.3) is 10.9 Å². The molecule has 6 heteroatoms. The zero-order valence-corrected chi connectivity index (χ0v) is 18.4. The van der Waals surface area contributed by atoms with Crippen LogP contribution in [0.1, 0.15) is 51.3 Å². The number of rotatable bonds is 2. The molecule has 150 valence electrons. The monoisotopic (exact) mass is 445 g/mol. The van der Waals surface area contributed by atoms with Crippen molar-refractivity contribution in [2.24, 2.45) is 0 Å². The molecular formula is C22H28BrN3O2. The van der Waals surface area contributed by atoms with Crippen molar-refractivity contribution in [3.8, 4) is 0 Å². The quantitative estimate of drug-likeness (QED) is 0.707. The van der Waals surface area contributed by atoms with Gasteiger partial charge in [-0.3, -0.25) is 4.98 Å². The standard InChI is InChI=1S/C22H28BrN3O2/c1-22(2,3)28-21(27)24-15-10-11-26(13-15)20-16-6-4-5-7-18(16)25-19-9-8-14(23)12-17(19)20/h8-9,12,15H,4-7,10-11,13H2,1-3H3,(H,24,27). The van der Waals surface area contributed by atoms with Gasteiger partial charge >= 0.3 is 6.09 Å². The molecule has 1 N–H and O–H groups in total. The van der Waals surface area contributed by atoms with E-state index in [1.54, 1.807) is 0 Å². The summed E-state index contributed by atoms with van der Waals surface area (Å²) in [6, 6.07) is 6.45. The van der Waals surface area contributed by atoms with Gasteiger partial charge in [0.1, 0.15) is 5.60 Å². The van der Waals surface area contributed by atoms with Crippen LogP contribution in [-0.2, 0) is 17.6 Å². The zero-order valence-electron chi connectivity index (χ0n) is 16.8. The SMILES string of the molecule is CC(C)(C)OC(=O)NC1CCN(c2c3c(nc4ccc(Br)cc24)CCCC3)C1. The Kier molecular flexibility index (Phi) is 5.25. The lowest BCUT2D eigenvalue weighted by Crippen LogP contribution is -2.40. The normalized spacial score (nSPS) is 19.6. The number of carbonyl (C=O) groups is 1. The first-order valence-electron chi connectivity index (χ1n) is 10.2. The van der Waals surface area contributed by atoms with Crippen LogP contribution in [0.15, 0.2) is 22.7 Å². The predicted octanol–water partition coefficient (Wildman–Crippen LogP) is 4.98. The summed E-state index contributed by atoms with van der Waals surface area (Å²) in [7, 11) is 0. The molecular weight excluding hydrogens is 418 g/mol. The molecule has 1 aromatic heterocycles. The number of nitrogens with zero attached hydrogens (tertiary/aromatic N) is 2. The Morgan fingerprint density at radius 1 is 1.29 bits per heavy atom. The molecule has 2 heterocycles. The average molecular weight is 446 g/mol. The van der Waals surface area contributed by atoms with E-state index in [-0.39, 0.29) is 12.1 Å². The predicted molar refractivity (Wildman–Crippen MR) is 116 cm³/mol. The average Bonchev–Trinajstić information content (AvgIpc) is 3.05. The number of anilines is 1. The summed E-state index contributed by atoms with van der Waals surface area (Å²) >= 11 is 3.62. The molecule has 2 aromatic rings. The van der Waals surface area contributed by atoms with Gasteiger partial charge in [-0.15, -0.1) is 0 Å². The molecule has 1 atom stereocenters. The number of amides is 1. The van der Waals surface area contributed by atoms with Crippen LogP contribution in [0.4, 0.5) is 10.5 Å². The van der Waals surface area contributed by atoms with Gasteiger partial charge in [-0.1, -0.05) is 15.9 Å². The first-order chi connectivity index (χ1) is 13.3. The van der Waals surface area contributed by atoms with Crippen molar-refractivity contribution in [1.29, 1.82) is 0 Å². The largest absolute Gasteiger partial charge is 0.444 e. The maximum Gasteiger partial charge on any atom is 0.407 e. The third kappa shape index (κ3) is 4.12. The van der Waals surface area contributed by atoms with Crippen molar-refractivity contribution in [3.05, 3.63) is 33.9 Å². The highest BCUT2D eigenvalue weighted by molar-refractivity contribution is 9.10. The number of benzene rings is 1. The Bertz CT molecular complexity index is 907. The van der Waals surface area contributed by atoms with Gasteiger partial charge in [0.05, 0.1) is 17.2 Å². The highest BCUT2D eigenvalue weighted by Gasteiger charge is 2.30. The molecule has 1 fully saturated rings. The number of hydrogen-bond acceptors (Lipinski definition) is 4. The van der Waals surface area contributed by atoms with Gasteiger partial charge in [0.2, 0.25) is 0 Å². The molecule has 5 nitrogen and oxygen atoms in total. The van der Waals surface area contributed by atoms with Gasteiger partial charge in [-0.2, -0.15) is 0 Å². The first-order valence-corrected chi connectivity index (χ1v) is 10.9. The lowest BCUT2D eigenvalue weighted by molar-refractivity contribution is 0.0509. The summed E-state index contributed by atoms with van der Waals surface area (Å²) in [5, 5.41) is 4.25.